The molecule has 0 unspecified atom stereocenters. The van der Waals surface area contributed by atoms with Crippen molar-refractivity contribution in [1.29, 1.82) is 0 Å². The summed E-state index contributed by atoms with van der Waals surface area (Å²) >= 11 is 0. The van der Waals surface area contributed by atoms with Crippen molar-refractivity contribution in [2.24, 2.45) is 0 Å². The van der Waals surface area contributed by atoms with Crippen LogP contribution >= 0.6 is 0 Å². The lowest BCUT2D eigenvalue weighted by Crippen LogP contribution is -2.17. The first-order chi connectivity index (χ1) is 16.9. The molecule has 9 heteroatoms. The van der Waals surface area contributed by atoms with Crippen LogP contribution < -0.4 is 18.9 Å². The highest BCUT2D eigenvalue weighted by molar-refractivity contribution is 5.67. The zero-order valence-electron chi connectivity index (χ0n) is 20.5. The van der Waals surface area contributed by atoms with Crippen molar-refractivity contribution in [3.8, 4) is 23.0 Å². The zero-order chi connectivity index (χ0) is 25.4. The minimum atomic E-state index is -0.469. The van der Waals surface area contributed by atoms with Crippen LogP contribution in [0.4, 0.5) is 0 Å². The van der Waals surface area contributed by atoms with Crippen LogP contribution in [-0.2, 0) is 23.8 Å². The molecule has 0 spiro atoms. The molecule has 9 nitrogen and oxygen atoms in total. The Labute approximate surface area is 204 Å². The molecule has 0 fully saturated rings. The van der Waals surface area contributed by atoms with E-state index in [2.05, 4.69) is 0 Å². The van der Waals surface area contributed by atoms with Gasteiger partial charge >= 0.3 is 11.9 Å². The first-order valence-electron chi connectivity index (χ1n) is 11.0. The summed E-state index contributed by atoms with van der Waals surface area (Å²) in [5.41, 5.74) is 2.47. The van der Waals surface area contributed by atoms with Gasteiger partial charge in [-0.1, -0.05) is 12.1 Å². The number of hydrogen-bond acceptors (Lipinski definition) is 9. The third-order valence-corrected chi connectivity index (χ3v) is 5.34. The fourth-order valence-corrected chi connectivity index (χ4v) is 3.80. The first kappa shape index (κ1) is 25.9. The molecule has 0 aliphatic carbocycles. The minimum Gasteiger partial charge on any atom is -0.493 e. The molecule has 0 saturated carbocycles. The van der Waals surface area contributed by atoms with Gasteiger partial charge < -0.3 is 33.2 Å². The second kappa shape index (κ2) is 12.1. The SMILES string of the molecule is COCOc1ccc([C@@H]2Oc3c(OC)cc(/C=C/COC(C)=O)cc3[C@H]2COC(C)=O)cc1OC. The molecule has 0 aromatic heterocycles. The topological polar surface area (TPSA) is 98.8 Å². The number of hydrogen-bond donors (Lipinski definition) is 0. The molecule has 2 atom stereocenters. The summed E-state index contributed by atoms with van der Waals surface area (Å²) in [5.74, 6) is 1.12. The molecule has 0 N–H and O–H groups in total. The molecular formula is C26H30O9. The highest BCUT2D eigenvalue weighted by Crippen LogP contribution is 2.51. The van der Waals surface area contributed by atoms with Crippen molar-refractivity contribution in [3.05, 3.63) is 53.1 Å². The fourth-order valence-electron chi connectivity index (χ4n) is 3.80. The number of benzene rings is 2. The highest BCUT2D eigenvalue weighted by Gasteiger charge is 2.39. The number of fused-ring (bicyclic) bond motifs is 1. The fraction of sp³-hybridized carbons (Fsp3) is 0.385. The van der Waals surface area contributed by atoms with E-state index in [0.717, 1.165) is 16.7 Å². The van der Waals surface area contributed by atoms with Crippen molar-refractivity contribution in [2.45, 2.75) is 25.9 Å². The lowest BCUT2D eigenvalue weighted by molar-refractivity contribution is -0.142. The second-order valence-corrected chi connectivity index (χ2v) is 7.76. The van der Waals surface area contributed by atoms with Gasteiger partial charge in [0.1, 0.15) is 19.3 Å². The maximum Gasteiger partial charge on any atom is 0.302 e. The van der Waals surface area contributed by atoms with Crippen LogP contribution in [0.2, 0.25) is 0 Å². The van der Waals surface area contributed by atoms with E-state index in [-0.39, 0.29) is 37.9 Å². The Hall–Kier alpha value is -3.72. The van der Waals surface area contributed by atoms with Gasteiger partial charge in [0, 0.05) is 26.5 Å². The van der Waals surface area contributed by atoms with Crippen LogP contribution in [0.5, 0.6) is 23.0 Å². The van der Waals surface area contributed by atoms with Crippen LogP contribution in [0.3, 0.4) is 0 Å². The number of rotatable bonds is 11. The van der Waals surface area contributed by atoms with Gasteiger partial charge in [0.05, 0.1) is 20.1 Å². The molecule has 1 aliphatic rings. The van der Waals surface area contributed by atoms with Gasteiger partial charge in [-0.15, -0.1) is 0 Å². The largest absolute Gasteiger partial charge is 0.493 e. The quantitative estimate of drug-likeness (QED) is 0.344. The summed E-state index contributed by atoms with van der Waals surface area (Å²) in [4.78, 5) is 22.6. The van der Waals surface area contributed by atoms with Gasteiger partial charge in [-0.05, 0) is 41.5 Å². The van der Waals surface area contributed by atoms with E-state index in [9.17, 15) is 9.59 Å². The van der Waals surface area contributed by atoms with Crippen LogP contribution in [0.15, 0.2) is 36.4 Å². The van der Waals surface area contributed by atoms with E-state index in [1.54, 1.807) is 26.4 Å². The molecule has 2 aromatic rings. The van der Waals surface area contributed by atoms with Crippen LogP contribution in [0.1, 0.15) is 42.6 Å². The average Bonchev–Trinajstić information content (AvgIpc) is 3.21. The predicted octanol–water partition coefficient (Wildman–Crippen LogP) is 4.04. The summed E-state index contributed by atoms with van der Waals surface area (Å²) in [6, 6.07) is 9.26. The van der Waals surface area contributed by atoms with Crippen molar-refractivity contribution in [3.63, 3.8) is 0 Å². The van der Waals surface area contributed by atoms with Crippen LogP contribution in [0.25, 0.3) is 6.08 Å². The first-order valence-corrected chi connectivity index (χ1v) is 11.0. The standard InChI is InChI=1S/C26H30O9/c1-16(27)32-10-6-7-18-11-20-21(14-33-17(2)28)25(35-26(20)24(12-18)31-5)19-8-9-22(34-15-29-3)23(13-19)30-4/h6-9,11-13,21,25H,10,14-15H2,1-5H3/b7-6+/t21-,25+/m1/s1. The Morgan fingerprint density at radius 1 is 0.943 bits per heavy atom. The van der Waals surface area contributed by atoms with E-state index in [1.807, 2.05) is 30.3 Å². The van der Waals surface area contributed by atoms with Crippen LogP contribution in [-0.4, -0.2) is 53.3 Å². The lowest BCUT2D eigenvalue weighted by Gasteiger charge is -2.20. The van der Waals surface area contributed by atoms with Crippen molar-refractivity contribution in [2.75, 3.05) is 41.3 Å². The minimum absolute atomic E-state index is 0.0844. The number of esters is 2. The average molecular weight is 487 g/mol. The second-order valence-electron chi connectivity index (χ2n) is 7.76. The summed E-state index contributed by atoms with van der Waals surface area (Å²) in [7, 11) is 4.65. The molecule has 0 radical (unpaired) electrons. The molecule has 1 heterocycles. The van der Waals surface area contributed by atoms with E-state index in [1.165, 1.54) is 21.0 Å². The van der Waals surface area contributed by atoms with E-state index in [4.69, 9.17) is 33.2 Å². The molecule has 35 heavy (non-hydrogen) atoms. The van der Waals surface area contributed by atoms with Gasteiger partial charge in [-0.3, -0.25) is 9.59 Å². The maximum atomic E-state index is 11.6. The highest BCUT2D eigenvalue weighted by atomic mass is 16.7. The van der Waals surface area contributed by atoms with Crippen molar-refractivity contribution >= 4 is 18.0 Å². The molecule has 0 bridgehead atoms. The third-order valence-electron chi connectivity index (χ3n) is 5.34. The Bertz CT molecular complexity index is 1080. The summed E-state index contributed by atoms with van der Waals surface area (Å²) in [5, 5.41) is 0. The monoisotopic (exact) mass is 486 g/mol. The molecule has 2 aromatic carbocycles. The third kappa shape index (κ3) is 6.45. The van der Waals surface area contributed by atoms with Gasteiger partial charge in [-0.2, -0.15) is 0 Å². The molecular weight excluding hydrogens is 456 g/mol. The lowest BCUT2D eigenvalue weighted by atomic mass is 9.90. The summed E-state index contributed by atoms with van der Waals surface area (Å²) in [6.45, 7) is 3.07. The molecule has 188 valence electrons. The molecule has 0 saturated heterocycles. The van der Waals surface area contributed by atoms with Crippen molar-refractivity contribution in [1.82, 2.24) is 0 Å². The Morgan fingerprint density at radius 2 is 1.69 bits per heavy atom. The maximum absolute atomic E-state index is 11.6. The van der Waals surface area contributed by atoms with Gasteiger partial charge in [-0.25, -0.2) is 0 Å². The van der Waals surface area contributed by atoms with Crippen molar-refractivity contribution < 1.29 is 42.7 Å². The normalized spacial score (nSPS) is 16.4. The number of ether oxygens (including phenoxy) is 7. The predicted molar refractivity (Wildman–Crippen MR) is 127 cm³/mol. The Kier molecular flexibility index (Phi) is 8.97. The van der Waals surface area contributed by atoms with E-state index >= 15 is 0 Å². The summed E-state index contributed by atoms with van der Waals surface area (Å²) < 4.78 is 38.4. The van der Waals surface area contributed by atoms with Crippen LogP contribution in [0, 0.1) is 0 Å². The molecule has 1 aliphatic heterocycles. The molecule has 3 rings (SSSR count). The smallest absolute Gasteiger partial charge is 0.302 e. The zero-order valence-corrected chi connectivity index (χ0v) is 20.5. The van der Waals surface area contributed by atoms with Gasteiger partial charge in [0.25, 0.3) is 0 Å². The number of carbonyl (C=O) groups is 2. The van der Waals surface area contributed by atoms with Gasteiger partial charge in [0.2, 0.25) is 0 Å². The number of carbonyl (C=O) groups excluding carboxylic acids is 2. The number of methoxy groups -OCH3 is 3. The van der Waals surface area contributed by atoms with Gasteiger partial charge in [0.15, 0.2) is 29.8 Å². The Balaban J connectivity index is 1.98. The van der Waals surface area contributed by atoms with E-state index < -0.39 is 6.10 Å². The Morgan fingerprint density at radius 3 is 2.34 bits per heavy atom. The van der Waals surface area contributed by atoms with E-state index in [0.29, 0.717) is 23.0 Å². The molecule has 0 amide bonds. The summed E-state index contributed by atoms with van der Waals surface area (Å²) in [6.07, 6.45) is 3.09.